The van der Waals surface area contributed by atoms with E-state index in [1.165, 1.54) is 6.26 Å². The minimum Gasteiger partial charge on any atom is -0.460 e. The van der Waals surface area contributed by atoms with Gasteiger partial charge in [0.25, 0.3) is 0 Å². The van der Waals surface area contributed by atoms with Crippen LogP contribution in [0.3, 0.4) is 0 Å². The molecule has 18 heavy (non-hydrogen) atoms. The maximum Gasteiger partial charge on any atom is 0.311 e. The summed E-state index contributed by atoms with van der Waals surface area (Å²) in [5.74, 6) is 0.637. The van der Waals surface area contributed by atoms with Gasteiger partial charge in [0, 0.05) is 23.7 Å². The van der Waals surface area contributed by atoms with Crippen molar-refractivity contribution in [1.82, 2.24) is 0 Å². The molecule has 0 aliphatic rings. The number of nitrogen functional groups attached to an aromatic ring is 1. The highest BCUT2D eigenvalue weighted by Gasteiger charge is 2.13. The Bertz CT molecular complexity index is 537. The van der Waals surface area contributed by atoms with Crippen LogP contribution >= 0.6 is 12.4 Å². The summed E-state index contributed by atoms with van der Waals surface area (Å²) in [5.41, 5.74) is 7.11. The number of hydrogen-bond donors (Lipinski definition) is 1. The molecule has 2 N–H and O–H groups in total. The lowest BCUT2D eigenvalue weighted by molar-refractivity contribution is -0.134. The molecule has 0 spiro atoms. The highest BCUT2D eigenvalue weighted by molar-refractivity contribution is 5.85. The van der Waals surface area contributed by atoms with Gasteiger partial charge >= 0.3 is 5.97 Å². The second kappa shape index (κ2) is 6.12. The van der Waals surface area contributed by atoms with Crippen molar-refractivity contribution in [3.05, 3.63) is 36.6 Å². The topological polar surface area (TPSA) is 65.5 Å². The number of carbonyl (C=O) groups excluding carboxylic acids is 1. The van der Waals surface area contributed by atoms with Crippen LogP contribution in [-0.2, 0) is 4.79 Å². The molecule has 1 aromatic carbocycles. The molecule has 4 nitrogen and oxygen atoms in total. The van der Waals surface area contributed by atoms with Gasteiger partial charge in [-0.15, -0.1) is 12.4 Å². The summed E-state index contributed by atoms with van der Waals surface area (Å²) in [4.78, 5) is 11.2. The smallest absolute Gasteiger partial charge is 0.311 e. The van der Waals surface area contributed by atoms with Crippen LogP contribution in [0.25, 0.3) is 11.3 Å². The van der Waals surface area contributed by atoms with Crippen molar-refractivity contribution in [3.8, 4) is 17.1 Å². The Kier molecular flexibility index (Phi) is 4.80. The number of hydrogen-bond acceptors (Lipinski definition) is 4. The lowest BCUT2D eigenvalue weighted by Gasteiger charge is -2.03. The van der Waals surface area contributed by atoms with Crippen molar-refractivity contribution in [2.24, 2.45) is 0 Å². The number of furan rings is 1. The molecule has 0 unspecified atom stereocenters. The highest BCUT2D eigenvalue weighted by atomic mass is 35.5. The number of halogens is 1. The standard InChI is InChI=1S/C13H13NO3.ClH/c1-2-12(15)17-11-6-7-16-13(11)9-4-3-5-10(14)8-9;/h3-8H,2,14H2,1H3;1H. The first kappa shape index (κ1) is 14.1. The van der Waals surface area contributed by atoms with Crippen LogP contribution < -0.4 is 10.5 Å². The molecule has 1 heterocycles. The van der Waals surface area contributed by atoms with Crippen molar-refractivity contribution >= 4 is 24.1 Å². The van der Waals surface area contributed by atoms with E-state index >= 15 is 0 Å². The van der Waals surface area contributed by atoms with Crippen LogP contribution in [-0.4, -0.2) is 5.97 Å². The molecule has 0 saturated heterocycles. The van der Waals surface area contributed by atoms with Crippen molar-refractivity contribution in [2.45, 2.75) is 13.3 Å². The van der Waals surface area contributed by atoms with E-state index in [1.54, 1.807) is 25.1 Å². The van der Waals surface area contributed by atoms with Crippen LogP contribution in [0.1, 0.15) is 13.3 Å². The molecule has 0 bridgehead atoms. The number of esters is 1. The van der Waals surface area contributed by atoms with E-state index in [0.29, 0.717) is 23.6 Å². The van der Waals surface area contributed by atoms with E-state index in [0.717, 1.165) is 5.56 Å². The van der Waals surface area contributed by atoms with Crippen molar-refractivity contribution in [3.63, 3.8) is 0 Å². The third kappa shape index (κ3) is 3.05. The van der Waals surface area contributed by atoms with Crippen LogP contribution in [0.5, 0.6) is 5.75 Å². The zero-order valence-electron chi connectivity index (χ0n) is 9.88. The monoisotopic (exact) mass is 267 g/mol. The van der Waals surface area contributed by atoms with E-state index in [-0.39, 0.29) is 18.4 Å². The van der Waals surface area contributed by atoms with Crippen LogP contribution in [0.15, 0.2) is 41.0 Å². The number of nitrogens with two attached hydrogens (primary N) is 1. The predicted molar refractivity (Wildman–Crippen MR) is 71.7 cm³/mol. The average Bonchev–Trinajstić information content (AvgIpc) is 2.77. The summed E-state index contributed by atoms with van der Waals surface area (Å²) in [6, 6.07) is 8.83. The third-order valence-corrected chi connectivity index (χ3v) is 2.29. The molecule has 0 saturated carbocycles. The quantitative estimate of drug-likeness (QED) is 0.685. The lowest BCUT2D eigenvalue weighted by atomic mass is 10.1. The number of carbonyl (C=O) groups is 1. The average molecular weight is 268 g/mol. The first-order chi connectivity index (χ1) is 8.20. The highest BCUT2D eigenvalue weighted by Crippen LogP contribution is 2.32. The molecule has 1 aromatic heterocycles. The van der Waals surface area contributed by atoms with E-state index in [1.807, 2.05) is 12.1 Å². The lowest BCUT2D eigenvalue weighted by Crippen LogP contribution is -2.05. The van der Waals surface area contributed by atoms with E-state index < -0.39 is 0 Å². The zero-order chi connectivity index (χ0) is 12.3. The van der Waals surface area contributed by atoms with Crippen LogP contribution in [0.2, 0.25) is 0 Å². The molecule has 0 aliphatic carbocycles. The summed E-state index contributed by atoms with van der Waals surface area (Å²) >= 11 is 0. The van der Waals surface area contributed by atoms with Gasteiger partial charge in [-0.25, -0.2) is 0 Å². The number of anilines is 1. The molecule has 0 radical (unpaired) electrons. The Labute approximate surface area is 111 Å². The minimum atomic E-state index is -0.295. The third-order valence-electron chi connectivity index (χ3n) is 2.29. The molecule has 2 aromatic rings. The molecule has 96 valence electrons. The number of rotatable bonds is 3. The van der Waals surface area contributed by atoms with Gasteiger partial charge in [-0.2, -0.15) is 0 Å². The summed E-state index contributed by atoms with van der Waals surface area (Å²) in [7, 11) is 0. The maximum absolute atomic E-state index is 11.2. The van der Waals surface area contributed by atoms with Crippen molar-refractivity contribution < 1.29 is 13.9 Å². The Morgan fingerprint density at radius 3 is 2.83 bits per heavy atom. The SMILES string of the molecule is CCC(=O)Oc1ccoc1-c1cccc(N)c1.Cl. The summed E-state index contributed by atoms with van der Waals surface area (Å²) in [5, 5.41) is 0. The minimum absolute atomic E-state index is 0. The summed E-state index contributed by atoms with van der Waals surface area (Å²) in [6.07, 6.45) is 1.80. The Morgan fingerprint density at radius 2 is 2.17 bits per heavy atom. The van der Waals surface area contributed by atoms with E-state index in [4.69, 9.17) is 14.9 Å². The van der Waals surface area contributed by atoms with Gasteiger partial charge in [0.1, 0.15) is 0 Å². The Balaban J connectivity index is 0.00000162. The Hall–Kier alpha value is -1.94. The molecule has 5 heteroatoms. The van der Waals surface area contributed by atoms with Gasteiger partial charge in [-0.1, -0.05) is 19.1 Å². The second-order valence-corrected chi connectivity index (χ2v) is 3.57. The fraction of sp³-hybridized carbons (Fsp3) is 0.154. The molecule has 0 aliphatic heterocycles. The fourth-order valence-electron chi connectivity index (χ4n) is 1.46. The van der Waals surface area contributed by atoms with E-state index in [9.17, 15) is 4.79 Å². The van der Waals surface area contributed by atoms with Crippen LogP contribution in [0, 0.1) is 0 Å². The fourth-order valence-corrected chi connectivity index (χ4v) is 1.46. The number of benzene rings is 1. The van der Waals surface area contributed by atoms with Crippen LogP contribution in [0.4, 0.5) is 5.69 Å². The summed E-state index contributed by atoms with van der Waals surface area (Å²) < 4.78 is 10.5. The Morgan fingerprint density at radius 1 is 1.39 bits per heavy atom. The molecule has 0 amide bonds. The van der Waals surface area contributed by atoms with Crippen molar-refractivity contribution in [1.29, 1.82) is 0 Å². The van der Waals surface area contributed by atoms with Gasteiger partial charge in [0.05, 0.1) is 6.26 Å². The van der Waals surface area contributed by atoms with Crippen molar-refractivity contribution in [2.75, 3.05) is 5.73 Å². The first-order valence-corrected chi connectivity index (χ1v) is 5.34. The maximum atomic E-state index is 11.2. The first-order valence-electron chi connectivity index (χ1n) is 5.34. The molecule has 2 rings (SSSR count). The van der Waals surface area contributed by atoms with Gasteiger partial charge in [0.15, 0.2) is 11.5 Å². The number of ether oxygens (including phenoxy) is 1. The summed E-state index contributed by atoms with van der Waals surface area (Å²) in [6.45, 7) is 1.74. The van der Waals surface area contributed by atoms with Gasteiger partial charge < -0.3 is 14.9 Å². The molecular weight excluding hydrogens is 254 g/mol. The molecular formula is C13H14ClNO3. The largest absolute Gasteiger partial charge is 0.460 e. The molecule has 0 fully saturated rings. The molecule has 0 atom stereocenters. The normalized spacial score (nSPS) is 9.61. The zero-order valence-corrected chi connectivity index (χ0v) is 10.7. The predicted octanol–water partition coefficient (Wildman–Crippen LogP) is 3.27. The van der Waals surface area contributed by atoms with Gasteiger partial charge in [0.2, 0.25) is 0 Å². The second-order valence-electron chi connectivity index (χ2n) is 3.57. The van der Waals surface area contributed by atoms with Gasteiger partial charge in [-0.3, -0.25) is 4.79 Å². The van der Waals surface area contributed by atoms with Gasteiger partial charge in [-0.05, 0) is 12.1 Å². The van der Waals surface area contributed by atoms with E-state index in [2.05, 4.69) is 0 Å².